The van der Waals surface area contributed by atoms with Gasteiger partial charge < -0.3 is 24.2 Å². The minimum Gasteiger partial charge on any atom is -0.459 e. The molecule has 2 fully saturated rings. The Kier molecular flexibility index (Phi) is 7.97. The van der Waals surface area contributed by atoms with Crippen LogP contribution in [-0.2, 0) is 19.0 Å². The fourth-order valence-corrected chi connectivity index (χ4v) is 4.76. The van der Waals surface area contributed by atoms with Gasteiger partial charge in [0.2, 0.25) is 6.29 Å². The quantitative estimate of drug-likeness (QED) is 0.734. The lowest BCUT2D eigenvalue weighted by molar-refractivity contribution is -0.180. The standard InChI is InChI=1S/C21H35NO5/c1-2-26-21-17(9-6-12-23)18(16-7-4-3-5-8-16)15-19(27-21)20(24)22-10-13-25-14-11-22/h15-18,21,23H,2-14H2,1H3/t17-,18+,21+/m0/s1. The second-order valence-electron chi connectivity index (χ2n) is 7.88. The van der Waals surface area contributed by atoms with E-state index in [9.17, 15) is 9.90 Å². The van der Waals surface area contributed by atoms with Gasteiger partial charge in [-0.1, -0.05) is 19.3 Å². The molecule has 154 valence electrons. The van der Waals surface area contributed by atoms with E-state index in [0.29, 0.717) is 44.6 Å². The molecule has 6 heteroatoms. The van der Waals surface area contributed by atoms with E-state index in [0.717, 1.165) is 12.8 Å². The van der Waals surface area contributed by atoms with Crippen molar-refractivity contribution < 1.29 is 24.1 Å². The van der Waals surface area contributed by atoms with Crippen molar-refractivity contribution in [3.05, 3.63) is 11.8 Å². The summed E-state index contributed by atoms with van der Waals surface area (Å²) in [7, 11) is 0. The van der Waals surface area contributed by atoms with Crippen molar-refractivity contribution >= 4 is 5.91 Å². The second-order valence-corrected chi connectivity index (χ2v) is 7.88. The number of hydrogen-bond acceptors (Lipinski definition) is 5. The van der Waals surface area contributed by atoms with Gasteiger partial charge >= 0.3 is 0 Å². The Hall–Kier alpha value is -1.11. The van der Waals surface area contributed by atoms with Crippen molar-refractivity contribution in [2.24, 2.45) is 17.8 Å². The van der Waals surface area contributed by atoms with E-state index in [1.165, 1.54) is 32.1 Å². The van der Waals surface area contributed by atoms with Gasteiger partial charge in [0.05, 0.1) is 13.2 Å². The Bertz CT molecular complexity index is 497. The summed E-state index contributed by atoms with van der Waals surface area (Å²) in [6.45, 7) is 5.08. The van der Waals surface area contributed by atoms with E-state index in [-0.39, 0.29) is 24.3 Å². The molecule has 3 rings (SSSR count). The maximum Gasteiger partial charge on any atom is 0.288 e. The number of aliphatic hydroxyl groups excluding tert-OH is 1. The Morgan fingerprint density at radius 1 is 1.26 bits per heavy atom. The monoisotopic (exact) mass is 381 g/mol. The zero-order valence-corrected chi connectivity index (χ0v) is 16.6. The lowest BCUT2D eigenvalue weighted by Crippen LogP contribution is -2.46. The second kappa shape index (κ2) is 10.4. The third-order valence-electron chi connectivity index (χ3n) is 6.16. The highest BCUT2D eigenvalue weighted by Crippen LogP contribution is 2.42. The molecule has 0 unspecified atom stereocenters. The fraction of sp³-hybridized carbons (Fsp3) is 0.857. The van der Waals surface area contributed by atoms with Crippen LogP contribution in [0.2, 0.25) is 0 Å². The number of amides is 1. The normalized spacial score (nSPS) is 29.9. The number of rotatable bonds is 7. The average Bonchev–Trinajstić information content (AvgIpc) is 2.73. The molecule has 3 aliphatic rings. The summed E-state index contributed by atoms with van der Waals surface area (Å²) in [6, 6.07) is 0. The van der Waals surface area contributed by atoms with Gasteiger partial charge in [0.1, 0.15) is 0 Å². The van der Waals surface area contributed by atoms with Crippen LogP contribution in [-0.4, -0.2) is 61.7 Å². The zero-order chi connectivity index (χ0) is 19.1. The van der Waals surface area contributed by atoms with Crippen LogP contribution >= 0.6 is 0 Å². The molecule has 1 amide bonds. The van der Waals surface area contributed by atoms with E-state index in [4.69, 9.17) is 14.2 Å². The summed E-state index contributed by atoms with van der Waals surface area (Å²) >= 11 is 0. The predicted molar refractivity (Wildman–Crippen MR) is 102 cm³/mol. The summed E-state index contributed by atoms with van der Waals surface area (Å²) < 4.78 is 17.4. The number of ether oxygens (including phenoxy) is 3. The summed E-state index contributed by atoms with van der Waals surface area (Å²) in [5.74, 6) is 1.46. The summed E-state index contributed by atoms with van der Waals surface area (Å²) in [5, 5.41) is 9.35. The van der Waals surface area contributed by atoms with Crippen molar-refractivity contribution in [1.29, 1.82) is 0 Å². The van der Waals surface area contributed by atoms with Crippen molar-refractivity contribution in [3.63, 3.8) is 0 Å². The maximum atomic E-state index is 13.0. The zero-order valence-electron chi connectivity index (χ0n) is 16.6. The first kappa shape index (κ1) is 20.6. The molecule has 1 saturated heterocycles. The van der Waals surface area contributed by atoms with Crippen molar-refractivity contribution in [3.8, 4) is 0 Å². The van der Waals surface area contributed by atoms with Crippen LogP contribution in [0.1, 0.15) is 51.9 Å². The van der Waals surface area contributed by atoms with Gasteiger partial charge in [0.15, 0.2) is 5.76 Å². The Morgan fingerprint density at radius 3 is 2.67 bits per heavy atom. The van der Waals surface area contributed by atoms with E-state index in [1.807, 2.05) is 11.8 Å². The van der Waals surface area contributed by atoms with Gasteiger partial charge in [-0.15, -0.1) is 0 Å². The van der Waals surface area contributed by atoms with Gasteiger partial charge in [0.25, 0.3) is 5.91 Å². The van der Waals surface area contributed by atoms with Gasteiger partial charge in [-0.2, -0.15) is 0 Å². The average molecular weight is 382 g/mol. The SMILES string of the molecule is CCO[C@@H]1OC(C(=O)N2CCOCC2)=C[C@H](C2CCCCC2)[C@@H]1CCCO. The van der Waals surface area contributed by atoms with Crippen LogP contribution in [0.15, 0.2) is 11.8 Å². The molecule has 3 atom stereocenters. The van der Waals surface area contributed by atoms with Gasteiger partial charge in [0, 0.05) is 32.2 Å². The minimum absolute atomic E-state index is 0.0376. The van der Waals surface area contributed by atoms with Crippen LogP contribution in [0, 0.1) is 17.8 Å². The number of carbonyl (C=O) groups is 1. The Morgan fingerprint density at radius 2 is 2.00 bits per heavy atom. The molecule has 0 spiro atoms. The topological polar surface area (TPSA) is 68.2 Å². The maximum absolute atomic E-state index is 13.0. The van der Waals surface area contributed by atoms with E-state index >= 15 is 0 Å². The number of carbonyl (C=O) groups excluding carboxylic acids is 1. The molecule has 1 N–H and O–H groups in total. The highest BCUT2D eigenvalue weighted by atomic mass is 16.7. The summed E-state index contributed by atoms with van der Waals surface area (Å²) in [4.78, 5) is 14.9. The third-order valence-corrected chi connectivity index (χ3v) is 6.16. The van der Waals surface area contributed by atoms with Crippen LogP contribution in [0.5, 0.6) is 0 Å². The number of morpholine rings is 1. The lowest BCUT2D eigenvalue weighted by atomic mass is 9.71. The third kappa shape index (κ3) is 5.24. The molecule has 2 heterocycles. The van der Waals surface area contributed by atoms with Crippen LogP contribution in [0.4, 0.5) is 0 Å². The molecule has 2 aliphatic heterocycles. The Labute approximate surface area is 162 Å². The minimum atomic E-state index is -0.404. The van der Waals surface area contributed by atoms with Crippen LogP contribution in [0.3, 0.4) is 0 Å². The number of aliphatic hydroxyl groups is 1. The first-order chi connectivity index (χ1) is 13.2. The number of nitrogens with zero attached hydrogens (tertiary/aromatic N) is 1. The molecule has 6 nitrogen and oxygen atoms in total. The smallest absolute Gasteiger partial charge is 0.288 e. The summed E-state index contributed by atoms with van der Waals surface area (Å²) in [6.07, 6.45) is 9.51. The van der Waals surface area contributed by atoms with Crippen LogP contribution < -0.4 is 0 Å². The largest absolute Gasteiger partial charge is 0.459 e. The van der Waals surface area contributed by atoms with E-state index in [1.54, 1.807) is 0 Å². The summed E-state index contributed by atoms with van der Waals surface area (Å²) in [5.41, 5.74) is 0. The predicted octanol–water partition coefficient (Wildman–Crippen LogP) is 2.71. The molecule has 0 aromatic carbocycles. The van der Waals surface area contributed by atoms with Gasteiger partial charge in [-0.05, 0) is 50.5 Å². The highest BCUT2D eigenvalue weighted by molar-refractivity contribution is 5.91. The Balaban J connectivity index is 1.82. The number of allylic oxidation sites excluding steroid dienone is 1. The molecule has 0 aromatic rings. The van der Waals surface area contributed by atoms with E-state index in [2.05, 4.69) is 6.08 Å². The molecule has 27 heavy (non-hydrogen) atoms. The first-order valence-electron chi connectivity index (χ1n) is 10.7. The molecule has 0 bridgehead atoms. The van der Waals surface area contributed by atoms with E-state index < -0.39 is 6.29 Å². The van der Waals surface area contributed by atoms with Gasteiger partial charge in [-0.3, -0.25) is 4.79 Å². The van der Waals surface area contributed by atoms with Crippen LogP contribution in [0.25, 0.3) is 0 Å². The molecular weight excluding hydrogens is 346 g/mol. The van der Waals surface area contributed by atoms with Crippen molar-refractivity contribution in [1.82, 2.24) is 4.90 Å². The first-order valence-corrected chi connectivity index (χ1v) is 10.7. The van der Waals surface area contributed by atoms with Crippen molar-refractivity contribution in [2.45, 2.75) is 58.2 Å². The molecule has 0 aromatic heterocycles. The van der Waals surface area contributed by atoms with Gasteiger partial charge in [-0.25, -0.2) is 0 Å². The molecular formula is C21H35NO5. The number of hydrogen-bond donors (Lipinski definition) is 1. The highest BCUT2D eigenvalue weighted by Gasteiger charge is 2.41. The fourth-order valence-electron chi connectivity index (χ4n) is 4.76. The molecule has 1 aliphatic carbocycles. The molecule has 1 saturated carbocycles. The lowest BCUT2D eigenvalue weighted by Gasteiger charge is -2.42. The molecule has 0 radical (unpaired) electrons. The van der Waals surface area contributed by atoms with Crippen molar-refractivity contribution in [2.75, 3.05) is 39.5 Å².